The summed E-state index contributed by atoms with van der Waals surface area (Å²) in [5, 5.41) is 9.22. The number of carbonyl (C=O) groups excluding carboxylic acids is 1. The largest absolute Gasteiger partial charge is 0.361 e. The molecule has 0 atom stereocenters. The Balaban J connectivity index is 1.39. The van der Waals surface area contributed by atoms with Crippen LogP contribution in [0.4, 0.5) is 0 Å². The molecule has 0 radical (unpaired) electrons. The lowest BCUT2D eigenvalue weighted by atomic mass is 9.99. The van der Waals surface area contributed by atoms with Gasteiger partial charge in [0.25, 0.3) is 5.91 Å². The van der Waals surface area contributed by atoms with Crippen LogP contribution in [0.3, 0.4) is 0 Å². The molecule has 0 saturated carbocycles. The first-order valence-electron chi connectivity index (χ1n) is 9.81. The molecule has 0 saturated heterocycles. The van der Waals surface area contributed by atoms with Crippen LogP contribution in [0, 0.1) is 13.8 Å². The van der Waals surface area contributed by atoms with Crippen molar-refractivity contribution in [3.05, 3.63) is 50.1 Å². The van der Waals surface area contributed by atoms with E-state index >= 15 is 0 Å². The average Bonchev–Trinajstić information content (AvgIpc) is 3.25. The Morgan fingerprint density at radius 3 is 2.96 bits per heavy atom. The van der Waals surface area contributed by atoms with Crippen molar-refractivity contribution in [1.29, 1.82) is 0 Å². The molecule has 2 aliphatic rings. The molecule has 0 aromatic carbocycles. The van der Waals surface area contributed by atoms with Crippen LogP contribution in [0.2, 0.25) is 0 Å². The third-order valence-corrected chi connectivity index (χ3v) is 6.71. The summed E-state index contributed by atoms with van der Waals surface area (Å²) in [6.45, 7) is 7.37. The zero-order valence-electron chi connectivity index (χ0n) is 16.1. The Kier molecular flexibility index (Phi) is 5.45. The summed E-state index contributed by atoms with van der Waals surface area (Å²) < 4.78 is 5.29. The molecule has 1 amide bonds. The van der Waals surface area contributed by atoms with Gasteiger partial charge in [0.05, 0.1) is 11.3 Å². The van der Waals surface area contributed by atoms with Crippen molar-refractivity contribution in [3.63, 3.8) is 0 Å². The minimum atomic E-state index is 0.0816. The lowest BCUT2D eigenvalue weighted by Gasteiger charge is -2.27. The zero-order valence-corrected chi connectivity index (χ0v) is 17.0. The van der Waals surface area contributed by atoms with Gasteiger partial charge in [-0.2, -0.15) is 0 Å². The summed E-state index contributed by atoms with van der Waals surface area (Å²) >= 11 is 1.71. The van der Waals surface area contributed by atoms with E-state index in [4.69, 9.17) is 4.52 Å². The van der Waals surface area contributed by atoms with E-state index in [1.165, 1.54) is 34.4 Å². The zero-order chi connectivity index (χ0) is 18.8. The van der Waals surface area contributed by atoms with Crippen LogP contribution in [0.5, 0.6) is 0 Å². The summed E-state index contributed by atoms with van der Waals surface area (Å²) in [5.41, 5.74) is 5.66. The highest BCUT2D eigenvalue weighted by Crippen LogP contribution is 2.30. The number of allylic oxidation sites excluding steroid dienone is 1. The maximum Gasteiger partial charge on any atom is 0.252 e. The van der Waals surface area contributed by atoms with Gasteiger partial charge >= 0.3 is 0 Å². The third kappa shape index (κ3) is 4.01. The number of fused-ring (bicyclic) bond motifs is 1. The van der Waals surface area contributed by atoms with Gasteiger partial charge in [-0.15, -0.1) is 11.3 Å². The molecular formula is C21H27N3O2S. The number of nitrogens with one attached hydrogen (secondary N) is 1. The molecule has 0 fully saturated rings. The van der Waals surface area contributed by atoms with Gasteiger partial charge in [0, 0.05) is 42.0 Å². The molecular weight excluding hydrogens is 358 g/mol. The molecule has 3 heterocycles. The molecule has 144 valence electrons. The number of aryl methyl sites for hydroxylation is 2. The summed E-state index contributed by atoms with van der Waals surface area (Å²) in [5.74, 6) is 0.986. The number of hydrogen-bond donors (Lipinski definition) is 1. The van der Waals surface area contributed by atoms with Crippen molar-refractivity contribution in [2.24, 2.45) is 0 Å². The second-order valence-corrected chi connectivity index (χ2v) is 8.57. The van der Waals surface area contributed by atoms with Crippen LogP contribution in [-0.2, 0) is 19.5 Å². The topological polar surface area (TPSA) is 58.4 Å². The van der Waals surface area contributed by atoms with Gasteiger partial charge in [0.15, 0.2) is 0 Å². The van der Waals surface area contributed by atoms with Gasteiger partial charge in [-0.3, -0.25) is 9.69 Å². The first-order chi connectivity index (χ1) is 13.1. The number of nitrogens with zero attached hydrogens (tertiary/aromatic N) is 2. The van der Waals surface area contributed by atoms with Gasteiger partial charge < -0.3 is 9.84 Å². The predicted molar refractivity (Wildman–Crippen MR) is 107 cm³/mol. The summed E-state index contributed by atoms with van der Waals surface area (Å²) in [6.07, 6.45) is 8.02. The smallest absolute Gasteiger partial charge is 0.252 e. The Bertz CT molecular complexity index is 845. The van der Waals surface area contributed by atoms with Crippen LogP contribution in [-0.4, -0.2) is 29.1 Å². The van der Waals surface area contributed by atoms with E-state index in [1.54, 1.807) is 11.3 Å². The fourth-order valence-electron chi connectivity index (χ4n) is 4.01. The molecule has 2 aromatic rings. The number of hydrogen-bond acceptors (Lipinski definition) is 5. The van der Waals surface area contributed by atoms with Crippen LogP contribution in [0.25, 0.3) is 0 Å². The number of thiophene rings is 1. The monoisotopic (exact) mass is 385 g/mol. The fraction of sp³-hybridized carbons (Fsp3) is 0.524. The molecule has 6 heteroatoms. The van der Waals surface area contributed by atoms with Crippen molar-refractivity contribution < 1.29 is 9.32 Å². The third-order valence-electron chi connectivity index (χ3n) is 5.69. The second kappa shape index (κ2) is 7.98. The molecule has 1 aliphatic heterocycles. The Labute approximate surface area is 164 Å². The highest BCUT2D eigenvalue weighted by molar-refractivity contribution is 7.10. The molecule has 0 bridgehead atoms. The molecule has 5 nitrogen and oxygen atoms in total. The van der Waals surface area contributed by atoms with Crippen molar-refractivity contribution in [2.75, 3.05) is 13.1 Å². The molecule has 1 aliphatic carbocycles. The normalized spacial score (nSPS) is 17.5. The first kappa shape index (κ1) is 18.4. The maximum absolute atomic E-state index is 12.7. The minimum Gasteiger partial charge on any atom is -0.361 e. The molecule has 1 N–H and O–H groups in total. The quantitative estimate of drug-likeness (QED) is 0.786. The molecule has 0 spiro atoms. The van der Waals surface area contributed by atoms with Crippen LogP contribution in [0.1, 0.15) is 63.5 Å². The SMILES string of the molecule is Cc1noc(C)c1CN1CCc2c(C(=O)NCC3=CCCCC3)csc2C1. The van der Waals surface area contributed by atoms with Crippen molar-refractivity contribution >= 4 is 17.2 Å². The second-order valence-electron chi connectivity index (χ2n) is 7.61. The Morgan fingerprint density at radius 2 is 2.22 bits per heavy atom. The number of rotatable bonds is 5. The Hall–Kier alpha value is -1.92. The van der Waals surface area contributed by atoms with Crippen molar-refractivity contribution in [1.82, 2.24) is 15.4 Å². The highest BCUT2D eigenvalue weighted by atomic mass is 32.1. The van der Waals surface area contributed by atoms with E-state index in [1.807, 2.05) is 19.2 Å². The summed E-state index contributed by atoms with van der Waals surface area (Å²) in [7, 11) is 0. The minimum absolute atomic E-state index is 0.0816. The molecule has 4 rings (SSSR count). The van der Waals surface area contributed by atoms with Gasteiger partial charge in [0.2, 0.25) is 0 Å². The number of aromatic nitrogens is 1. The van der Waals surface area contributed by atoms with E-state index in [9.17, 15) is 4.79 Å². The van der Waals surface area contributed by atoms with Gasteiger partial charge in [-0.25, -0.2) is 0 Å². The van der Waals surface area contributed by atoms with Crippen molar-refractivity contribution in [3.8, 4) is 0 Å². The average molecular weight is 386 g/mol. The van der Waals surface area contributed by atoms with E-state index < -0.39 is 0 Å². The lowest BCUT2D eigenvalue weighted by Crippen LogP contribution is -2.31. The van der Waals surface area contributed by atoms with E-state index in [2.05, 4.69) is 21.4 Å². The molecule has 2 aromatic heterocycles. The van der Waals surface area contributed by atoms with E-state index in [0.29, 0.717) is 6.54 Å². The van der Waals surface area contributed by atoms with E-state index in [-0.39, 0.29) is 5.91 Å². The number of amides is 1. The number of carbonyl (C=O) groups is 1. The van der Waals surface area contributed by atoms with Gasteiger partial charge in [0.1, 0.15) is 5.76 Å². The Morgan fingerprint density at radius 1 is 1.33 bits per heavy atom. The van der Waals surface area contributed by atoms with Crippen LogP contribution < -0.4 is 5.32 Å². The molecule has 0 unspecified atom stereocenters. The molecule has 27 heavy (non-hydrogen) atoms. The van der Waals surface area contributed by atoms with Crippen LogP contribution in [0.15, 0.2) is 21.6 Å². The summed E-state index contributed by atoms with van der Waals surface area (Å²) in [4.78, 5) is 16.4. The standard InChI is InChI=1S/C21H27N3O2S/c1-14-18(15(2)26-23-14)11-24-9-8-17-19(13-27-20(17)12-24)21(25)22-10-16-6-4-3-5-7-16/h6,13H,3-5,7-12H2,1-2H3,(H,22,25). The van der Waals surface area contributed by atoms with Gasteiger partial charge in [-0.1, -0.05) is 16.8 Å². The van der Waals surface area contributed by atoms with Crippen molar-refractivity contribution in [2.45, 2.75) is 59.0 Å². The summed E-state index contributed by atoms with van der Waals surface area (Å²) in [6, 6.07) is 0. The van der Waals surface area contributed by atoms with E-state index in [0.717, 1.165) is 55.9 Å². The lowest BCUT2D eigenvalue weighted by molar-refractivity contribution is 0.0955. The highest BCUT2D eigenvalue weighted by Gasteiger charge is 2.25. The van der Waals surface area contributed by atoms with Gasteiger partial charge in [-0.05, 0) is 51.5 Å². The van der Waals surface area contributed by atoms with Crippen LogP contribution >= 0.6 is 11.3 Å². The predicted octanol–water partition coefficient (Wildman–Crippen LogP) is 4.14. The first-order valence-corrected chi connectivity index (χ1v) is 10.7. The fourth-order valence-corrected chi connectivity index (χ4v) is 5.13. The maximum atomic E-state index is 12.7.